The van der Waals surface area contributed by atoms with E-state index in [2.05, 4.69) is 62.3 Å². The summed E-state index contributed by atoms with van der Waals surface area (Å²) in [5.74, 6) is 0.475. The Morgan fingerprint density at radius 1 is 1.07 bits per heavy atom. The van der Waals surface area contributed by atoms with Crippen LogP contribution in [0.3, 0.4) is 0 Å². The van der Waals surface area contributed by atoms with Gasteiger partial charge in [-0.2, -0.15) is 10.2 Å². The van der Waals surface area contributed by atoms with Crippen LogP contribution in [0.1, 0.15) is 43.0 Å². The maximum absolute atomic E-state index is 6.12. The van der Waals surface area contributed by atoms with Gasteiger partial charge in [-0.25, -0.2) is 4.68 Å². The predicted octanol–water partition coefficient (Wildman–Crippen LogP) is 3.54. The van der Waals surface area contributed by atoms with E-state index in [1.165, 1.54) is 22.0 Å². The molecule has 1 fully saturated rings. The number of hydrogen-bond acceptors (Lipinski definition) is 3. The fraction of sp³-hybridized carbons (Fsp3) is 0.333. The Morgan fingerprint density at radius 3 is 2.67 bits per heavy atom. The zero-order chi connectivity index (χ0) is 20.3. The summed E-state index contributed by atoms with van der Waals surface area (Å²) in [7, 11) is 0. The molecule has 0 radical (unpaired) electrons. The van der Waals surface area contributed by atoms with E-state index in [1.807, 2.05) is 18.3 Å². The number of fused-ring (bicyclic) bond motifs is 1. The van der Waals surface area contributed by atoms with Crippen LogP contribution in [-0.2, 0) is 6.54 Å². The fourth-order valence-corrected chi connectivity index (χ4v) is 4.59. The van der Waals surface area contributed by atoms with Gasteiger partial charge in [0.15, 0.2) is 0 Å². The molecule has 2 aliphatic rings. The highest BCUT2D eigenvalue weighted by Crippen LogP contribution is 2.26. The van der Waals surface area contributed by atoms with Gasteiger partial charge in [-0.15, -0.1) is 0 Å². The second-order valence-corrected chi connectivity index (χ2v) is 8.52. The molecule has 154 valence electrons. The number of aromatic amines is 1. The van der Waals surface area contributed by atoms with Crippen LogP contribution in [-0.4, -0.2) is 38.0 Å². The van der Waals surface area contributed by atoms with Crippen LogP contribution in [0, 0.1) is 0 Å². The first-order chi connectivity index (χ1) is 14.8. The van der Waals surface area contributed by atoms with Crippen molar-refractivity contribution in [3.05, 3.63) is 75.7 Å². The molecule has 1 N–H and O–H groups in total. The SMILES string of the molecule is Clc1ccc(-n2nc(C3CCN(Cc4ccn[nH]4)CC3)c3/c2=C\CC/C=C\C=3)cc1. The predicted molar refractivity (Wildman–Crippen MR) is 121 cm³/mol. The third kappa shape index (κ3) is 4.00. The van der Waals surface area contributed by atoms with Crippen molar-refractivity contribution >= 4 is 23.8 Å². The van der Waals surface area contributed by atoms with Crippen molar-refractivity contribution in [2.24, 2.45) is 0 Å². The Morgan fingerprint density at radius 2 is 1.90 bits per heavy atom. The van der Waals surface area contributed by atoms with Gasteiger partial charge in [0, 0.05) is 34.6 Å². The minimum Gasteiger partial charge on any atom is -0.297 e. The van der Waals surface area contributed by atoms with Gasteiger partial charge in [-0.1, -0.05) is 35.9 Å². The summed E-state index contributed by atoms with van der Waals surface area (Å²) in [6, 6.07) is 10.0. The molecule has 2 aromatic heterocycles. The number of benzene rings is 1. The molecule has 1 aliphatic carbocycles. The lowest BCUT2D eigenvalue weighted by Gasteiger charge is -2.30. The van der Waals surface area contributed by atoms with E-state index >= 15 is 0 Å². The van der Waals surface area contributed by atoms with Crippen molar-refractivity contribution in [2.45, 2.75) is 38.1 Å². The zero-order valence-electron chi connectivity index (χ0n) is 17.0. The number of rotatable bonds is 4. The van der Waals surface area contributed by atoms with Crippen LogP contribution in [0.2, 0.25) is 5.02 Å². The molecule has 0 atom stereocenters. The Labute approximate surface area is 181 Å². The number of H-pyrrole nitrogens is 1. The summed E-state index contributed by atoms with van der Waals surface area (Å²) in [5, 5.41) is 15.5. The highest BCUT2D eigenvalue weighted by atomic mass is 35.5. The van der Waals surface area contributed by atoms with Crippen molar-refractivity contribution in [1.82, 2.24) is 24.9 Å². The van der Waals surface area contributed by atoms with Gasteiger partial charge in [-0.3, -0.25) is 10.00 Å². The smallest absolute Gasteiger partial charge is 0.0739 e. The summed E-state index contributed by atoms with van der Waals surface area (Å²) in [6.45, 7) is 3.09. The van der Waals surface area contributed by atoms with E-state index in [-0.39, 0.29) is 0 Å². The zero-order valence-corrected chi connectivity index (χ0v) is 17.7. The van der Waals surface area contributed by atoms with Gasteiger partial charge >= 0.3 is 0 Å². The average Bonchev–Trinajstić information content (AvgIpc) is 3.37. The van der Waals surface area contributed by atoms with Crippen LogP contribution in [0.4, 0.5) is 0 Å². The quantitative estimate of drug-likeness (QED) is 0.703. The third-order valence-corrected chi connectivity index (χ3v) is 6.31. The van der Waals surface area contributed by atoms with Crippen LogP contribution >= 0.6 is 11.6 Å². The lowest BCUT2D eigenvalue weighted by molar-refractivity contribution is 0.200. The van der Waals surface area contributed by atoms with Crippen molar-refractivity contribution in [3.63, 3.8) is 0 Å². The first kappa shape index (κ1) is 19.3. The third-order valence-electron chi connectivity index (χ3n) is 6.06. The normalized spacial score (nSPS) is 21.0. The Balaban J connectivity index is 1.46. The molecule has 1 aromatic carbocycles. The molecule has 0 saturated carbocycles. The highest BCUT2D eigenvalue weighted by Gasteiger charge is 2.25. The van der Waals surface area contributed by atoms with E-state index in [9.17, 15) is 0 Å². The number of nitrogens with one attached hydrogen (secondary N) is 1. The van der Waals surface area contributed by atoms with E-state index < -0.39 is 0 Å². The van der Waals surface area contributed by atoms with Crippen LogP contribution in [0.5, 0.6) is 0 Å². The minimum absolute atomic E-state index is 0.475. The van der Waals surface area contributed by atoms with Gasteiger partial charge in [0.05, 0.1) is 16.7 Å². The topological polar surface area (TPSA) is 49.7 Å². The number of piperidine rings is 1. The summed E-state index contributed by atoms with van der Waals surface area (Å²) >= 11 is 6.12. The molecule has 1 aliphatic heterocycles. The van der Waals surface area contributed by atoms with E-state index in [4.69, 9.17) is 16.7 Å². The molecule has 0 spiro atoms. The number of allylic oxidation sites excluding steroid dienone is 2. The summed E-state index contributed by atoms with van der Waals surface area (Å²) in [5.41, 5.74) is 3.47. The minimum atomic E-state index is 0.475. The van der Waals surface area contributed by atoms with E-state index in [1.54, 1.807) is 0 Å². The monoisotopic (exact) mass is 419 g/mol. The molecule has 3 aromatic rings. The van der Waals surface area contributed by atoms with Crippen molar-refractivity contribution < 1.29 is 0 Å². The molecule has 5 rings (SSSR count). The number of halogens is 1. The molecule has 0 bridgehead atoms. The second kappa shape index (κ2) is 8.62. The maximum atomic E-state index is 6.12. The number of aromatic nitrogens is 4. The van der Waals surface area contributed by atoms with E-state index in [0.717, 1.165) is 56.0 Å². The number of likely N-dealkylation sites (tertiary alicyclic amines) is 1. The lowest BCUT2D eigenvalue weighted by Crippen LogP contribution is -2.35. The molecular formula is C24H26ClN5. The Hall–Kier alpha value is -2.63. The summed E-state index contributed by atoms with van der Waals surface area (Å²) < 4.78 is 2.10. The molecular weight excluding hydrogens is 394 g/mol. The highest BCUT2D eigenvalue weighted by molar-refractivity contribution is 6.30. The Kier molecular flexibility index (Phi) is 5.56. The van der Waals surface area contributed by atoms with Crippen molar-refractivity contribution in [2.75, 3.05) is 13.1 Å². The molecule has 0 unspecified atom stereocenters. The van der Waals surface area contributed by atoms with Crippen LogP contribution < -0.4 is 10.6 Å². The largest absolute Gasteiger partial charge is 0.297 e. The van der Waals surface area contributed by atoms with Crippen molar-refractivity contribution in [1.29, 1.82) is 0 Å². The Bertz CT molecular complexity index is 1130. The molecule has 3 heterocycles. The first-order valence-corrected chi connectivity index (χ1v) is 11.1. The molecule has 1 saturated heterocycles. The van der Waals surface area contributed by atoms with E-state index in [0.29, 0.717) is 5.92 Å². The van der Waals surface area contributed by atoms with Gasteiger partial charge in [0.1, 0.15) is 0 Å². The average molecular weight is 420 g/mol. The molecule has 30 heavy (non-hydrogen) atoms. The summed E-state index contributed by atoms with van der Waals surface area (Å²) in [6.07, 6.45) is 15.2. The van der Waals surface area contributed by atoms with Gasteiger partial charge < -0.3 is 0 Å². The molecule has 5 nitrogen and oxygen atoms in total. The maximum Gasteiger partial charge on any atom is 0.0739 e. The lowest BCUT2D eigenvalue weighted by atomic mass is 9.92. The molecule has 6 heteroatoms. The number of nitrogens with zero attached hydrogens (tertiary/aromatic N) is 4. The fourth-order valence-electron chi connectivity index (χ4n) is 4.46. The summed E-state index contributed by atoms with van der Waals surface area (Å²) in [4.78, 5) is 2.50. The molecule has 0 amide bonds. The van der Waals surface area contributed by atoms with Crippen LogP contribution in [0.25, 0.3) is 17.8 Å². The van der Waals surface area contributed by atoms with Gasteiger partial charge in [-0.05, 0) is 69.1 Å². The first-order valence-electron chi connectivity index (χ1n) is 10.7. The second-order valence-electron chi connectivity index (χ2n) is 8.08. The van der Waals surface area contributed by atoms with Crippen molar-refractivity contribution in [3.8, 4) is 5.69 Å². The van der Waals surface area contributed by atoms with Gasteiger partial charge in [0.2, 0.25) is 0 Å². The van der Waals surface area contributed by atoms with Gasteiger partial charge in [0.25, 0.3) is 0 Å². The number of hydrogen-bond donors (Lipinski definition) is 1. The standard InChI is InChI=1S/C24H26ClN5/c25-19-7-9-21(10-8-19)30-23-6-4-2-1-3-5-22(23)24(28-30)18-12-15-29(16-13-18)17-20-11-14-26-27-20/h1,3,5-11,14,18H,2,4,12-13,15-17H2,(H,26,27)/b3-1-,22-5+,23-6+. The van der Waals surface area contributed by atoms with Crippen LogP contribution in [0.15, 0.2) is 48.7 Å².